The number of rotatable bonds is 1. The summed E-state index contributed by atoms with van der Waals surface area (Å²) in [5.41, 5.74) is 0. The predicted molar refractivity (Wildman–Crippen MR) is 36.0 cm³/mol. The van der Waals surface area contributed by atoms with Gasteiger partial charge in [0.1, 0.15) is 0 Å². The fourth-order valence-corrected chi connectivity index (χ4v) is 0.375. The van der Waals surface area contributed by atoms with Crippen LogP contribution in [0.5, 0.6) is 0 Å². The maximum Gasteiger partial charge on any atom is 0.0623 e. The molecule has 0 atom stereocenters. The van der Waals surface area contributed by atoms with Gasteiger partial charge in [0.2, 0.25) is 0 Å². The van der Waals surface area contributed by atoms with Crippen LogP contribution in [0.2, 0.25) is 0 Å². The van der Waals surface area contributed by atoms with Crippen LogP contribution in [-0.4, -0.2) is 13.7 Å². The Bertz CT molecular complexity index is 380. The maximum absolute atomic E-state index is 7.39. The molecule has 7 heavy (non-hydrogen) atoms. The van der Waals surface area contributed by atoms with Gasteiger partial charge in [-0.15, -0.1) is 0 Å². The van der Waals surface area contributed by atoms with Crippen molar-refractivity contribution in [3.05, 3.63) is 30.2 Å². The number of hydrogen-bond donors (Lipinski definition) is 0. The van der Waals surface area contributed by atoms with E-state index in [0.717, 1.165) is 0 Å². The molecule has 36 valence electrons. The van der Waals surface area contributed by atoms with Crippen LogP contribution in [0.3, 0.4) is 0 Å². The monoisotopic (exact) mass is 116 g/mol. The lowest BCUT2D eigenvalue weighted by Gasteiger charge is -1.82. The molecule has 0 N–H and O–H groups in total. The molecule has 1 aromatic rings. The van der Waals surface area contributed by atoms with E-state index in [-0.39, 0.29) is 0 Å². The van der Waals surface area contributed by atoms with E-state index in [1.54, 1.807) is 0 Å². The molecule has 0 aromatic heterocycles. The van der Waals surface area contributed by atoms with Crippen LogP contribution in [0.25, 0.3) is 0 Å². The molecule has 0 heterocycles. The first-order valence-electron chi connectivity index (χ1n) is 5.75. The van der Waals surface area contributed by atoms with E-state index in [9.17, 15) is 0 Å². The molecule has 0 aliphatic carbocycles. The molecule has 0 bridgehead atoms. The third kappa shape index (κ3) is 1.16. The summed E-state index contributed by atoms with van der Waals surface area (Å²) in [5.74, 6) is 0. The van der Waals surface area contributed by atoms with Gasteiger partial charge in [0.05, 0.1) is 6.85 Å². The minimum Gasteiger partial charge on any atom is -0.0708 e. The highest BCUT2D eigenvalue weighted by atomic mass is 28.1. The third-order valence-electron chi connectivity index (χ3n) is 0.500. The van der Waals surface area contributed by atoms with Crippen LogP contribution in [-0.2, 0) is 0 Å². The van der Waals surface area contributed by atoms with Crippen molar-refractivity contribution in [2.45, 2.75) is 0 Å². The van der Waals surface area contributed by atoms with Crippen molar-refractivity contribution in [2.24, 2.45) is 0 Å². The van der Waals surface area contributed by atoms with Crippen LogP contribution >= 0.6 is 0 Å². The Balaban J connectivity index is 3.68. The van der Waals surface area contributed by atoms with Gasteiger partial charge in [0.15, 0.2) is 0 Å². The van der Waals surface area contributed by atoms with E-state index in [0.29, 0.717) is 0 Å². The minimum atomic E-state index is -4.16. The van der Waals surface area contributed by atoms with Crippen molar-refractivity contribution in [1.82, 2.24) is 0 Å². The summed E-state index contributed by atoms with van der Waals surface area (Å²) >= 11 is 0. The molecule has 1 aromatic carbocycles. The Labute approximate surface area is 57.3 Å². The standard InChI is InChI=1S/C6H8Si/c7-6-4-2-1-3-5-6/h1-5H,7H3/i1D,2D,3D,4D,5D,7D3. The van der Waals surface area contributed by atoms with Crippen LogP contribution in [0.4, 0.5) is 0 Å². The molecule has 0 aliphatic heterocycles. The first kappa shape index (κ1) is 0.913. The Morgan fingerprint density at radius 3 is 2.71 bits per heavy atom. The van der Waals surface area contributed by atoms with Gasteiger partial charge >= 0.3 is 0 Å². The van der Waals surface area contributed by atoms with Crippen molar-refractivity contribution in [3.63, 3.8) is 0 Å². The van der Waals surface area contributed by atoms with E-state index in [4.69, 9.17) is 10.6 Å². The van der Waals surface area contributed by atoms with E-state index in [1.807, 2.05) is 0 Å². The summed E-state index contributed by atoms with van der Waals surface area (Å²) in [4.78, 5) is 0. The van der Waals surface area contributed by atoms with Crippen molar-refractivity contribution < 1.29 is 6.85 Å². The molecular formula is C6H8Si. The smallest absolute Gasteiger partial charge is 0.0623 e. The summed E-state index contributed by atoms with van der Waals surface area (Å²) < 4.78 is 58.3. The van der Waals surface area contributed by atoms with E-state index in [1.165, 1.54) is 0 Å². The van der Waals surface area contributed by atoms with Gasteiger partial charge in [0.25, 0.3) is 0 Å². The van der Waals surface area contributed by atoms with Crippen molar-refractivity contribution in [3.8, 4) is 0 Å². The average molecular weight is 116 g/mol. The molecule has 0 fully saturated rings. The Morgan fingerprint density at radius 1 is 1.43 bits per heavy atom. The summed E-state index contributed by atoms with van der Waals surface area (Å²) in [6.45, 7) is 0. The van der Waals surface area contributed by atoms with Gasteiger partial charge in [-0.1, -0.05) is 35.4 Å². The van der Waals surface area contributed by atoms with Gasteiger partial charge in [-0.2, -0.15) is 0 Å². The third-order valence-corrected chi connectivity index (χ3v) is 0.750. The Kier molecular flexibility index (Phi) is 0.252. The zero-order valence-corrected chi connectivity index (χ0v) is 4.50. The quantitative estimate of drug-likeness (QED) is 0.441. The van der Waals surface area contributed by atoms with Gasteiger partial charge in [-0.3, -0.25) is 0 Å². The molecule has 0 radical (unpaired) electrons. The summed E-state index contributed by atoms with van der Waals surface area (Å²) in [6, 6.07) is -2.95. The van der Waals surface area contributed by atoms with Gasteiger partial charge < -0.3 is 0 Å². The number of hydrogen-bond acceptors (Lipinski definition) is 0. The Hall–Kier alpha value is -0.563. The average Bonchev–Trinajstić information content (AvgIpc) is 2.09. The van der Waals surface area contributed by atoms with Crippen LogP contribution in [0.15, 0.2) is 30.2 Å². The first-order valence-corrected chi connectivity index (χ1v) is 2.25. The van der Waals surface area contributed by atoms with Gasteiger partial charge in [0, 0.05) is 13.7 Å². The van der Waals surface area contributed by atoms with Gasteiger partial charge in [-0.05, 0) is 0 Å². The highest BCUT2D eigenvalue weighted by molar-refractivity contribution is 6.32. The van der Waals surface area contributed by atoms with E-state index in [2.05, 4.69) is 0 Å². The van der Waals surface area contributed by atoms with Crippen LogP contribution < -0.4 is 5.19 Å². The molecule has 0 saturated heterocycles. The van der Waals surface area contributed by atoms with Crippen LogP contribution in [0.1, 0.15) is 6.85 Å². The highest BCUT2D eigenvalue weighted by Crippen LogP contribution is 1.76. The lowest BCUT2D eigenvalue weighted by Crippen LogP contribution is -1.97. The zero-order valence-electron chi connectivity index (χ0n) is 11.5. The molecular weight excluding hydrogens is 100 g/mol. The van der Waals surface area contributed by atoms with Gasteiger partial charge in [-0.25, -0.2) is 0 Å². The fraction of sp³-hybridized carbons (Fsp3) is 0. The maximum atomic E-state index is 7.39. The molecule has 1 heteroatoms. The van der Waals surface area contributed by atoms with Crippen LogP contribution in [0, 0.1) is 0 Å². The second kappa shape index (κ2) is 1.94. The lowest BCUT2D eigenvalue weighted by atomic mass is 10.4. The number of benzene rings is 1. The van der Waals surface area contributed by atoms with Crippen molar-refractivity contribution in [1.29, 1.82) is 3.70 Å². The highest BCUT2D eigenvalue weighted by Gasteiger charge is 1.72. The van der Waals surface area contributed by atoms with Crippen molar-refractivity contribution in [2.75, 3.05) is 0 Å². The summed E-state index contributed by atoms with van der Waals surface area (Å²) in [7, 11) is -4.16. The molecule has 0 aliphatic rings. The SMILES string of the molecule is [2H]c1c([2H])c([2H])c([Si]([2H])([2H])[2H])c([2H])c1[2H]. The minimum absolute atomic E-state index is 0.492. The van der Waals surface area contributed by atoms with E-state index >= 15 is 0 Å². The summed E-state index contributed by atoms with van der Waals surface area (Å²) in [5, 5.41) is -0.492. The first-order chi connectivity index (χ1) is 6.68. The Morgan fingerprint density at radius 2 is 2.14 bits per heavy atom. The molecule has 0 nitrogen and oxygen atoms in total. The topological polar surface area (TPSA) is 0 Å². The zero-order chi connectivity index (χ0) is 12.0. The lowest BCUT2D eigenvalue weighted by molar-refractivity contribution is 1.78. The fourth-order valence-electron chi connectivity index (χ4n) is 0.250. The van der Waals surface area contributed by atoms with Crippen molar-refractivity contribution >= 4 is 15.2 Å². The molecule has 0 amide bonds. The second-order valence-corrected chi connectivity index (χ2v) is 1.50. The second-order valence-electron chi connectivity index (χ2n) is 1.00. The molecule has 1 rings (SSSR count). The molecule has 0 spiro atoms. The predicted octanol–water partition coefficient (Wildman–Crippen LogP) is -0.323. The largest absolute Gasteiger partial charge is 0.0708 e. The molecule has 0 unspecified atom stereocenters. The van der Waals surface area contributed by atoms with E-state index < -0.39 is 45.4 Å². The summed E-state index contributed by atoms with van der Waals surface area (Å²) in [6.07, 6.45) is 0. The normalized spacial score (nSPS) is 26.9. The molecule has 0 saturated carbocycles.